The van der Waals surface area contributed by atoms with Crippen LogP contribution in [0.3, 0.4) is 0 Å². The molecule has 8 nitrogen and oxygen atoms in total. The molecule has 1 rings (SSSR count). The van der Waals surface area contributed by atoms with Crippen molar-refractivity contribution in [3.05, 3.63) is 60.9 Å². The maximum atomic E-state index is 12.2. The average Bonchev–Trinajstić information content (AvgIpc) is 2.78. The van der Waals surface area contributed by atoms with Crippen molar-refractivity contribution < 1.29 is 38.1 Å². The Morgan fingerprint density at radius 2 is 1.45 bits per heavy atom. The lowest BCUT2D eigenvalue weighted by molar-refractivity contribution is -0.169. The van der Waals surface area contributed by atoms with Crippen LogP contribution in [0.15, 0.2) is 49.8 Å². The van der Waals surface area contributed by atoms with E-state index >= 15 is 0 Å². The second kappa shape index (κ2) is 15.7. The van der Waals surface area contributed by atoms with Gasteiger partial charge >= 0.3 is 17.9 Å². The van der Waals surface area contributed by atoms with E-state index in [0.717, 1.165) is 12.5 Å². The maximum absolute atomic E-state index is 12.2. The standard InChI is InChI=1S/C23H30O8/c1-4-21(24)31-18(3)28-14-8-9-16-30-23(26)20-12-10-11-19(17-20)22(25)29-15-7-6-13-27-5-2/h4-5,10-12,17-18H,1-2,6-9,13-16H2,3H3. The van der Waals surface area contributed by atoms with Gasteiger partial charge in [-0.15, -0.1) is 0 Å². The number of esters is 3. The minimum absolute atomic E-state index is 0.199. The molecule has 1 aromatic rings. The van der Waals surface area contributed by atoms with Crippen molar-refractivity contribution in [2.75, 3.05) is 26.4 Å². The Labute approximate surface area is 182 Å². The molecule has 1 unspecified atom stereocenters. The minimum atomic E-state index is -0.670. The van der Waals surface area contributed by atoms with E-state index in [0.29, 0.717) is 32.5 Å². The maximum Gasteiger partial charge on any atom is 0.338 e. The van der Waals surface area contributed by atoms with Crippen molar-refractivity contribution in [1.82, 2.24) is 0 Å². The predicted octanol–water partition coefficient (Wildman–Crippen LogP) is 3.81. The molecule has 0 aromatic heterocycles. The molecule has 0 aliphatic rings. The van der Waals surface area contributed by atoms with Gasteiger partial charge in [-0.05, 0) is 50.8 Å². The van der Waals surface area contributed by atoms with Crippen LogP contribution in [0.4, 0.5) is 0 Å². The van der Waals surface area contributed by atoms with E-state index in [9.17, 15) is 14.4 Å². The number of ether oxygens (including phenoxy) is 5. The molecule has 31 heavy (non-hydrogen) atoms. The number of benzene rings is 1. The molecule has 0 heterocycles. The van der Waals surface area contributed by atoms with Crippen LogP contribution >= 0.6 is 0 Å². The molecular weight excluding hydrogens is 404 g/mol. The van der Waals surface area contributed by atoms with E-state index in [4.69, 9.17) is 23.7 Å². The molecule has 8 heteroatoms. The molecule has 170 valence electrons. The Balaban J connectivity index is 2.28. The first-order valence-corrected chi connectivity index (χ1v) is 10.1. The second-order valence-electron chi connectivity index (χ2n) is 6.38. The Kier molecular flexibility index (Phi) is 13.1. The normalized spacial score (nSPS) is 11.1. The fraction of sp³-hybridized carbons (Fsp3) is 0.435. The van der Waals surface area contributed by atoms with E-state index in [2.05, 4.69) is 13.2 Å². The second-order valence-corrected chi connectivity index (χ2v) is 6.38. The summed E-state index contributed by atoms with van der Waals surface area (Å²) in [6, 6.07) is 6.21. The molecule has 0 aliphatic carbocycles. The average molecular weight is 434 g/mol. The Bertz CT molecular complexity index is 728. The van der Waals surface area contributed by atoms with Gasteiger partial charge < -0.3 is 23.7 Å². The topological polar surface area (TPSA) is 97.4 Å². The summed E-state index contributed by atoms with van der Waals surface area (Å²) in [5, 5.41) is 0. The largest absolute Gasteiger partial charge is 0.502 e. The summed E-state index contributed by atoms with van der Waals surface area (Å²) in [4.78, 5) is 35.3. The first-order chi connectivity index (χ1) is 15.0. The van der Waals surface area contributed by atoms with E-state index in [-0.39, 0.29) is 24.3 Å². The van der Waals surface area contributed by atoms with E-state index in [1.165, 1.54) is 12.3 Å². The van der Waals surface area contributed by atoms with E-state index in [1.54, 1.807) is 25.1 Å². The zero-order chi connectivity index (χ0) is 22.9. The molecular formula is C23H30O8. The fourth-order valence-corrected chi connectivity index (χ4v) is 2.34. The fourth-order valence-electron chi connectivity index (χ4n) is 2.34. The van der Waals surface area contributed by atoms with Gasteiger partial charge in [0.15, 0.2) is 6.29 Å². The van der Waals surface area contributed by atoms with Crippen LogP contribution in [-0.4, -0.2) is 50.6 Å². The monoisotopic (exact) mass is 434 g/mol. The lowest BCUT2D eigenvalue weighted by Crippen LogP contribution is -2.17. The summed E-state index contributed by atoms with van der Waals surface area (Å²) in [6.07, 6.45) is 4.37. The third-order valence-electron chi connectivity index (χ3n) is 3.91. The minimum Gasteiger partial charge on any atom is -0.502 e. The van der Waals surface area contributed by atoms with Crippen molar-refractivity contribution in [3.63, 3.8) is 0 Å². The molecule has 0 amide bonds. The van der Waals surface area contributed by atoms with Crippen LogP contribution in [0, 0.1) is 0 Å². The van der Waals surface area contributed by atoms with Crippen LogP contribution < -0.4 is 0 Å². The molecule has 1 aromatic carbocycles. The first-order valence-electron chi connectivity index (χ1n) is 10.1. The number of hydrogen-bond donors (Lipinski definition) is 0. The molecule has 0 aliphatic heterocycles. The summed E-state index contributed by atoms with van der Waals surface area (Å²) in [5.74, 6) is -1.57. The van der Waals surface area contributed by atoms with Crippen molar-refractivity contribution in [3.8, 4) is 0 Å². The highest BCUT2D eigenvalue weighted by Crippen LogP contribution is 2.10. The summed E-state index contributed by atoms with van der Waals surface area (Å²) in [7, 11) is 0. The zero-order valence-corrected chi connectivity index (χ0v) is 17.9. The van der Waals surface area contributed by atoms with Gasteiger partial charge in [0, 0.05) is 6.08 Å². The molecule has 0 fully saturated rings. The van der Waals surface area contributed by atoms with Gasteiger partial charge in [-0.1, -0.05) is 19.2 Å². The quantitative estimate of drug-likeness (QED) is 0.0967. The third kappa shape index (κ3) is 11.6. The van der Waals surface area contributed by atoms with Gasteiger partial charge in [-0.2, -0.15) is 0 Å². The highest BCUT2D eigenvalue weighted by molar-refractivity contribution is 5.95. The van der Waals surface area contributed by atoms with Gasteiger partial charge in [0.1, 0.15) is 0 Å². The Morgan fingerprint density at radius 3 is 2.00 bits per heavy atom. The number of rotatable bonds is 16. The summed E-state index contributed by atoms with van der Waals surface area (Å²) in [5.41, 5.74) is 0.559. The highest BCUT2D eigenvalue weighted by Gasteiger charge is 2.13. The number of carbonyl (C=O) groups excluding carboxylic acids is 3. The van der Waals surface area contributed by atoms with Gasteiger partial charge in [0.05, 0.1) is 43.8 Å². The molecule has 0 saturated heterocycles. The van der Waals surface area contributed by atoms with Crippen LogP contribution in [-0.2, 0) is 28.5 Å². The molecule has 0 bridgehead atoms. The number of carbonyl (C=O) groups is 3. The third-order valence-corrected chi connectivity index (χ3v) is 3.91. The SMILES string of the molecule is C=COCCCCOC(=O)c1cccc(C(=O)OCCCCOC(C)OC(=O)C=C)c1. The summed E-state index contributed by atoms with van der Waals surface area (Å²) >= 11 is 0. The van der Waals surface area contributed by atoms with Crippen molar-refractivity contribution >= 4 is 17.9 Å². The summed E-state index contributed by atoms with van der Waals surface area (Å²) < 4.78 is 25.6. The molecule has 0 N–H and O–H groups in total. The lowest BCUT2D eigenvalue weighted by atomic mass is 10.1. The Morgan fingerprint density at radius 1 is 0.903 bits per heavy atom. The van der Waals surface area contributed by atoms with Crippen molar-refractivity contribution in [2.24, 2.45) is 0 Å². The van der Waals surface area contributed by atoms with Crippen LogP contribution in [0.2, 0.25) is 0 Å². The van der Waals surface area contributed by atoms with Crippen molar-refractivity contribution in [1.29, 1.82) is 0 Å². The molecule has 1 atom stereocenters. The van der Waals surface area contributed by atoms with Crippen LogP contribution in [0.5, 0.6) is 0 Å². The van der Waals surface area contributed by atoms with Gasteiger partial charge in [-0.3, -0.25) is 0 Å². The Hall–Kier alpha value is -3.13. The molecule has 0 saturated carbocycles. The number of hydrogen-bond acceptors (Lipinski definition) is 8. The van der Waals surface area contributed by atoms with Crippen LogP contribution in [0.25, 0.3) is 0 Å². The van der Waals surface area contributed by atoms with Gasteiger partial charge in [0.25, 0.3) is 0 Å². The van der Waals surface area contributed by atoms with E-state index in [1.807, 2.05) is 0 Å². The number of unbranched alkanes of at least 4 members (excludes halogenated alkanes) is 2. The smallest absolute Gasteiger partial charge is 0.338 e. The van der Waals surface area contributed by atoms with E-state index < -0.39 is 24.2 Å². The van der Waals surface area contributed by atoms with Crippen LogP contribution in [0.1, 0.15) is 53.3 Å². The summed E-state index contributed by atoms with van der Waals surface area (Å²) in [6.45, 7) is 9.70. The zero-order valence-electron chi connectivity index (χ0n) is 17.9. The highest BCUT2D eigenvalue weighted by atomic mass is 16.7. The van der Waals surface area contributed by atoms with Gasteiger partial charge in [0.2, 0.25) is 0 Å². The lowest BCUT2D eigenvalue weighted by Gasteiger charge is -2.12. The van der Waals surface area contributed by atoms with Gasteiger partial charge in [-0.25, -0.2) is 14.4 Å². The predicted molar refractivity (Wildman–Crippen MR) is 113 cm³/mol. The molecule has 0 spiro atoms. The van der Waals surface area contributed by atoms with Crippen molar-refractivity contribution in [2.45, 2.75) is 38.9 Å². The molecule has 0 radical (unpaired) electrons. The first kappa shape index (κ1) is 25.9.